The Bertz CT molecular complexity index is 219. The van der Waals surface area contributed by atoms with Crippen molar-refractivity contribution >= 4 is 5.97 Å². The summed E-state index contributed by atoms with van der Waals surface area (Å²) in [7, 11) is 0. The maximum Gasteiger partial charge on any atom is 0.330 e. The molecule has 0 unspecified atom stereocenters. The van der Waals surface area contributed by atoms with E-state index in [1.165, 1.54) is 0 Å². The second-order valence-electron chi connectivity index (χ2n) is 4.15. The van der Waals surface area contributed by atoms with Gasteiger partial charge >= 0.3 is 5.97 Å². The van der Waals surface area contributed by atoms with Crippen molar-refractivity contribution in [1.82, 2.24) is 5.32 Å². The number of nitrogens with one attached hydrogen (secondary N) is 1. The van der Waals surface area contributed by atoms with Gasteiger partial charge in [0.05, 0.1) is 0 Å². The predicted molar refractivity (Wildman–Crippen MR) is 58.4 cm³/mol. The zero-order valence-corrected chi connectivity index (χ0v) is 9.55. The van der Waals surface area contributed by atoms with Crippen molar-refractivity contribution < 1.29 is 9.90 Å². The zero-order chi connectivity index (χ0) is 11.2. The lowest BCUT2D eigenvalue weighted by molar-refractivity contribution is -0.132. The molecule has 0 heterocycles. The number of carbonyl (C=O) groups is 1. The van der Waals surface area contributed by atoms with Crippen LogP contribution in [0.15, 0.2) is 11.6 Å². The number of carboxylic acid groups (broad SMARTS) is 1. The van der Waals surface area contributed by atoms with Crippen LogP contribution in [0.25, 0.3) is 0 Å². The first-order chi connectivity index (χ1) is 6.39. The minimum absolute atomic E-state index is 0.144. The van der Waals surface area contributed by atoms with Gasteiger partial charge in [0, 0.05) is 11.1 Å². The Morgan fingerprint density at radius 3 is 2.50 bits per heavy atom. The minimum atomic E-state index is -0.834. The van der Waals surface area contributed by atoms with Gasteiger partial charge in [0.25, 0.3) is 0 Å². The molecule has 0 aromatic carbocycles. The summed E-state index contributed by atoms with van der Waals surface area (Å²) < 4.78 is 0. The highest BCUT2D eigenvalue weighted by molar-refractivity contribution is 5.85. The number of aliphatic carboxylic acids is 1. The van der Waals surface area contributed by atoms with Crippen LogP contribution in [0.1, 0.15) is 40.5 Å². The smallest absolute Gasteiger partial charge is 0.330 e. The fourth-order valence-corrected chi connectivity index (χ4v) is 0.912. The van der Waals surface area contributed by atoms with Gasteiger partial charge in [0.15, 0.2) is 0 Å². The van der Waals surface area contributed by atoms with Gasteiger partial charge in [-0.2, -0.15) is 0 Å². The van der Waals surface area contributed by atoms with Crippen LogP contribution in [-0.2, 0) is 4.79 Å². The van der Waals surface area contributed by atoms with E-state index in [0.717, 1.165) is 19.4 Å². The van der Waals surface area contributed by atoms with E-state index in [1.54, 1.807) is 13.0 Å². The van der Waals surface area contributed by atoms with Gasteiger partial charge in [-0.25, -0.2) is 4.79 Å². The molecular weight excluding hydrogens is 178 g/mol. The lowest BCUT2D eigenvalue weighted by Crippen LogP contribution is -2.38. The third-order valence-corrected chi connectivity index (χ3v) is 2.42. The van der Waals surface area contributed by atoms with Crippen LogP contribution in [0.5, 0.6) is 0 Å². The summed E-state index contributed by atoms with van der Waals surface area (Å²) in [5, 5.41) is 12.0. The molecule has 3 heteroatoms. The quantitative estimate of drug-likeness (QED) is 0.509. The molecule has 0 saturated carbocycles. The Kier molecular flexibility index (Phi) is 5.46. The molecule has 0 aromatic heterocycles. The van der Waals surface area contributed by atoms with Gasteiger partial charge in [0.1, 0.15) is 0 Å². The minimum Gasteiger partial charge on any atom is -0.478 e. The molecule has 0 aromatic rings. The Morgan fingerprint density at radius 2 is 2.07 bits per heavy atom. The Morgan fingerprint density at radius 1 is 1.50 bits per heavy atom. The Balaban J connectivity index is 3.76. The molecule has 0 amide bonds. The summed E-state index contributed by atoms with van der Waals surface area (Å²) in [6.07, 6.45) is 3.58. The van der Waals surface area contributed by atoms with Crippen molar-refractivity contribution in [2.75, 3.05) is 6.54 Å². The number of carboxylic acids is 1. The van der Waals surface area contributed by atoms with Crippen molar-refractivity contribution in [2.24, 2.45) is 0 Å². The van der Waals surface area contributed by atoms with E-state index in [-0.39, 0.29) is 5.54 Å². The molecule has 3 nitrogen and oxygen atoms in total. The zero-order valence-electron chi connectivity index (χ0n) is 9.55. The standard InChI is InChI=1S/C11H21NO2/c1-5-11(3,4)12-8-6-7-9(2)10(13)14/h7,12H,5-6,8H2,1-4H3,(H,13,14). The molecule has 0 bridgehead atoms. The van der Waals surface area contributed by atoms with E-state index in [9.17, 15) is 4.79 Å². The number of hydrogen-bond acceptors (Lipinski definition) is 2. The van der Waals surface area contributed by atoms with Crippen LogP contribution in [0, 0.1) is 0 Å². The lowest BCUT2D eigenvalue weighted by atomic mass is 10.0. The monoisotopic (exact) mass is 199 g/mol. The first-order valence-electron chi connectivity index (χ1n) is 5.04. The normalized spacial score (nSPS) is 13.0. The maximum absolute atomic E-state index is 10.5. The Hall–Kier alpha value is -0.830. The topological polar surface area (TPSA) is 49.3 Å². The first-order valence-corrected chi connectivity index (χ1v) is 5.04. The highest BCUT2D eigenvalue weighted by atomic mass is 16.4. The van der Waals surface area contributed by atoms with E-state index in [0.29, 0.717) is 5.57 Å². The molecule has 0 aliphatic carbocycles. The summed E-state index contributed by atoms with van der Waals surface area (Å²) in [6, 6.07) is 0. The van der Waals surface area contributed by atoms with E-state index in [2.05, 4.69) is 26.1 Å². The second kappa shape index (κ2) is 5.81. The fourth-order valence-electron chi connectivity index (χ4n) is 0.912. The van der Waals surface area contributed by atoms with E-state index >= 15 is 0 Å². The van der Waals surface area contributed by atoms with Gasteiger partial charge in [0.2, 0.25) is 0 Å². The molecule has 2 N–H and O–H groups in total. The van der Waals surface area contributed by atoms with E-state index in [1.807, 2.05) is 0 Å². The van der Waals surface area contributed by atoms with Crippen molar-refractivity contribution in [3.8, 4) is 0 Å². The molecule has 82 valence electrons. The van der Waals surface area contributed by atoms with Gasteiger partial charge < -0.3 is 10.4 Å². The van der Waals surface area contributed by atoms with Crippen molar-refractivity contribution in [2.45, 2.75) is 46.1 Å². The Labute approximate surface area is 86.2 Å². The summed E-state index contributed by atoms with van der Waals surface area (Å²) in [6.45, 7) is 8.85. The molecule has 0 aliphatic heterocycles. The molecular formula is C11H21NO2. The maximum atomic E-state index is 10.5. The van der Waals surface area contributed by atoms with Crippen LogP contribution in [0.3, 0.4) is 0 Å². The fraction of sp³-hybridized carbons (Fsp3) is 0.727. The van der Waals surface area contributed by atoms with Gasteiger partial charge in [-0.3, -0.25) is 0 Å². The van der Waals surface area contributed by atoms with Crippen LogP contribution in [0.4, 0.5) is 0 Å². The van der Waals surface area contributed by atoms with E-state index < -0.39 is 5.97 Å². The first kappa shape index (κ1) is 13.2. The molecule has 0 rings (SSSR count). The molecule has 0 saturated heterocycles. The van der Waals surface area contributed by atoms with Gasteiger partial charge in [-0.05, 0) is 40.2 Å². The summed E-state index contributed by atoms with van der Waals surface area (Å²) in [5.74, 6) is -0.834. The third kappa shape index (κ3) is 5.75. The highest BCUT2D eigenvalue weighted by Gasteiger charge is 2.12. The SMILES string of the molecule is CCC(C)(C)NCCC=C(C)C(=O)O. The summed E-state index contributed by atoms with van der Waals surface area (Å²) >= 11 is 0. The molecule has 0 spiro atoms. The number of hydrogen-bond donors (Lipinski definition) is 2. The van der Waals surface area contributed by atoms with Gasteiger partial charge in [-0.1, -0.05) is 13.0 Å². The van der Waals surface area contributed by atoms with Crippen molar-refractivity contribution in [3.05, 3.63) is 11.6 Å². The average Bonchev–Trinajstić information content (AvgIpc) is 2.12. The predicted octanol–water partition coefficient (Wildman–Crippen LogP) is 2.19. The molecule has 14 heavy (non-hydrogen) atoms. The average molecular weight is 199 g/mol. The van der Waals surface area contributed by atoms with Crippen LogP contribution in [0.2, 0.25) is 0 Å². The number of rotatable bonds is 6. The van der Waals surface area contributed by atoms with E-state index in [4.69, 9.17) is 5.11 Å². The third-order valence-electron chi connectivity index (χ3n) is 2.42. The second-order valence-corrected chi connectivity index (χ2v) is 4.15. The molecule has 0 atom stereocenters. The van der Waals surface area contributed by atoms with Crippen LogP contribution < -0.4 is 5.32 Å². The molecule has 0 aliphatic rings. The lowest BCUT2D eigenvalue weighted by Gasteiger charge is -2.24. The largest absolute Gasteiger partial charge is 0.478 e. The van der Waals surface area contributed by atoms with Crippen molar-refractivity contribution in [3.63, 3.8) is 0 Å². The van der Waals surface area contributed by atoms with Crippen LogP contribution in [-0.4, -0.2) is 23.2 Å². The molecule has 0 fully saturated rings. The van der Waals surface area contributed by atoms with Crippen LogP contribution >= 0.6 is 0 Å². The summed E-state index contributed by atoms with van der Waals surface area (Å²) in [4.78, 5) is 10.5. The van der Waals surface area contributed by atoms with Crippen molar-refractivity contribution in [1.29, 1.82) is 0 Å². The highest BCUT2D eigenvalue weighted by Crippen LogP contribution is 2.06. The van der Waals surface area contributed by atoms with Gasteiger partial charge in [-0.15, -0.1) is 0 Å². The summed E-state index contributed by atoms with van der Waals surface area (Å²) in [5.41, 5.74) is 0.562. The molecule has 0 radical (unpaired) electrons.